The van der Waals surface area contributed by atoms with Gasteiger partial charge in [-0.05, 0) is 0 Å². The highest BCUT2D eigenvalue weighted by atomic mass is 31.1. The molecule has 0 aliphatic rings. The van der Waals surface area contributed by atoms with E-state index in [0.29, 0.717) is 0 Å². The van der Waals surface area contributed by atoms with E-state index in [4.69, 9.17) is 4.89 Å². The van der Waals surface area contributed by atoms with E-state index >= 15 is 0 Å². The molecule has 0 fully saturated rings. The van der Waals surface area contributed by atoms with Crippen molar-refractivity contribution in [2.24, 2.45) is 0 Å². The Balaban J connectivity index is 3.28. The predicted molar refractivity (Wildman–Crippen MR) is 33.0 cm³/mol. The zero-order valence-electron chi connectivity index (χ0n) is 4.36. The fourth-order valence-corrected chi connectivity index (χ4v) is 0.464. The van der Waals surface area contributed by atoms with Gasteiger partial charge in [-0.3, -0.25) is 9.09 Å². The van der Waals surface area contributed by atoms with Crippen molar-refractivity contribution in [2.75, 3.05) is 6.61 Å². The Bertz CT molecular complexity index is 122. The minimum Gasteiger partial charge on any atom is -0.450 e. The van der Waals surface area contributed by atoms with Gasteiger partial charge in [-0.25, -0.2) is 4.79 Å². The highest BCUT2D eigenvalue weighted by Crippen LogP contribution is 2.13. The summed E-state index contributed by atoms with van der Waals surface area (Å²) in [5, 5.41) is 0. The van der Waals surface area contributed by atoms with Gasteiger partial charge >= 0.3 is 14.2 Å². The molecule has 0 saturated heterocycles. The number of hydrogen-bond donors (Lipinski definition) is 1. The molecule has 0 heterocycles. The van der Waals surface area contributed by atoms with Gasteiger partial charge in [-0.15, -0.1) is 0 Å². The minimum atomic E-state index is -3.00. The Morgan fingerprint density at radius 3 is 2.67 bits per heavy atom. The first kappa shape index (κ1) is 9.05. The van der Waals surface area contributed by atoms with E-state index in [1.54, 1.807) is 9.47 Å². The number of rotatable bonds is 3. The van der Waals surface area contributed by atoms with Gasteiger partial charge in [-0.2, -0.15) is 0 Å². The Morgan fingerprint density at radius 2 is 2.33 bits per heavy atom. The fourth-order valence-electron chi connectivity index (χ4n) is 0.155. The van der Waals surface area contributed by atoms with Crippen molar-refractivity contribution in [3.05, 3.63) is 0 Å². The van der Waals surface area contributed by atoms with Crippen LogP contribution in [0.3, 0.4) is 0 Å². The predicted octanol–water partition coefficient (Wildman–Crippen LogP) is -0.282. The van der Waals surface area contributed by atoms with E-state index in [1.807, 2.05) is 0 Å². The van der Waals surface area contributed by atoms with Crippen molar-refractivity contribution in [1.29, 1.82) is 0 Å². The lowest BCUT2D eigenvalue weighted by Gasteiger charge is -1.95. The van der Waals surface area contributed by atoms with Crippen LogP contribution >= 0.6 is 17.7 Å². The van der Waals surface area contributed by atoms with Gasteiger partial charge in [0.1, 0.15) is 0 Å². The topological polar surface area (TPSA) is 72.8 Å². The van der Waals surface area contributed by atoms with Crippen LogP contribution in [-0.2, 0) is 18.4 Å². The van der Waals surface area contributed by atoms with Gasteiger partial charge in [0, 0.05) is 0 Å². The molecule has 0 saturated carbocycles. The molecule has 9 heavy (non-hydrogen) atoms. The second-order valence-electron chi connectivity index (χ2n) is 1.04. The van der Waals surface area contributed by atoms with Gasteiger partial charge in [0.15, 0.2) is 6.61 Å². The van der Waals surface area contributed by atoms with Crippen molar-refractivity contribution in [3.8, 4) is 0 Å². The monoisotopic (exact) mass is 172 g/mol. The van der Waals surface area contributed by atoms with Gasteiger partial charge < -0.3 is 9.42 Å². The molecule has 54 valence electrons. The fraction of sp³-hybridized carbons (Fsp3) is 0.500. The SMILES string of the molecule is O=C(CO[PH](=O)O)OP. The van der Waals surface area contributed by atoms with E-state index in [-0.39, 0.29) is 0 Å². The first-order valence-electron chi connectivity index (χ1n) is 1.92. The molecule has 0 radical (unpaired) electrons. The third-order valence-electron chi connectivity index (χ3n) is 0.445. The minimum absolute atomic E-state index is 0.488. The molecule has 0 bridgehead atoms. The van der Waals surface area contributed by atoms with E-state index in [2.05, 4.69) is 9.05 Å². The van der Waals surface area contributed by atoms with Crippen LogP contribution in [0.15, 0.2) is 0 Å². The van der Waals surface area contributed by atoms with E-state index < -0.39 is 20.8 Å². The normalized spacial score (nSPS) is 12.7. The number of carbonyl (C=O) groups is 1. The summed E-state index contributed by atoms with van der Waals surface area (Å²) in [4.78, 5) is 18.1. The molecular weight excluding hydrogens is 166 g/mol. The Kier molecular flexibility index (Phi) is 4.91. The van der Waals surface area contributed by atoms with E-state index in [1.165, 1.54) is 0 Å². The van der Waals surface area contributed by atoms with Crippen LogP contribution in [-0.4, -0.2) is 17.5 Å². The summed E-state index contributed by atoms with van der Waals surface area (Å²) in [6.07, 6.45) is 0. The van der Waals surface area contributed by atoms with Crippen LogP contribution in [0, 0.1) is 0 Å². The highest BCUT2D eigenvalue weighted by Gasteiger charge is 2.00. The average molecular weight is 172 g/mol. The van der Waals surface area contributed by atoms with Crippen LogP contribution < -0.4 is 0 Å². The lowest BCUT2D eigenvalue weighted by molar-refractivity contribution is -0.135. The molecule has 0 aromatic carbocycles. The quantitative estimate of drug-likeness (QED) is 0.592. The first-order valence-corrected chi connectivity index (χ1v) is 3.65. The molecule has 7 heteroatoms. The largest absolute Gasteiger partial charge is 0.450 e. The Hall–Kier alpha value is 0.0500. The van der Waals surface area contributed by atoms with Gasteiger partial charge in [0.05, 0.1) is 9.47 Å². The highest BCUT2D eigenvalue weighted by molar-refractivity contribution is 7.32. The summed E-state index contributed by atoms with van der Waals surface area (Å²) in [6.45, 7) is -0.488. The van der Waals surface area contributed by atoms with E-state index in [0.717, 1.165) is 0 Å². The van der Waals surface area contributed by atoms with Crippen LogP contribution in [0.4, 0.5) is 0 Å². The summed E-state index contributed by atoms with van der Waals surface area (Å²) < 4.78 is 17.8. The van der Waals surface area contributed by atoms with Gasteiger partial charge in [-0.1, -0.05) is 0 Å². The molecule has 0 aromatic rings. The average Bonchev–Trinajstić information content (AvgIpc) is 1.83. The van der Waals surface area contributed by atoms with Crippen LogP contribution in [0.5, 0.6) is 0 Å². The zero-order valence-corrected chi connectivity index (χ0v) is 6.52. The van der Waals surface area contributed by atoms with Crippen molar-refractivity contribution in [2.45, 2.75) is 0 Å². The molecule has 5 nitrogen and oxygen atoms in total. The summed E-state index contributed by atoms with van der Waals surface area (Å²) in [7, 11) is -1.30. The molecule has 0 aliphatic heterocycles. The standard InChI is InChI=1S/C2H6O5P2/c3-2(7-8)1-6-9(4)5/h9H,1,8H2,(H,4,5). The smallest absolute Gasteiger partial charge is 0.334 e. The molecule has 1 N–H and O–H groups in total. The summed E-state index contributed by atoms with van der Waals surface area (Å²) >= 11 is 0. The van der Waals surface area contributed by atoms with Crippen LogP contribution in [0.1, 0.15) is 0 Å². The maximum atomic E-state index is 10.1. The molecule has 0 amide bonds. The number of hydrogen-bond acceptors (Lipinski definition) is 4. The third kappa shape index (κ3) is 5.93. The molecule has 0 rings (SSSR count). The van der Waals surface area contributed by atoms with Crippen LogP contribution in [0.25, 0.3) is 0 Å². The van der Waals surface area contributed by atoms with Crippen molar-refractivity contribution >= 4 is 23.7 Å². The van der Waals surface area contributed by atoms with Crippen molar-refractivity contribution in [1.82, 2.24) is 0 Å². The third-order valence-corrected chi connectivity index (χ3v) is 1.10. The Morgan fingerprint density at radius 1 is 1.78 bits per heavy atom. The first-order chi connectivity index (χ1) is 4.16. The molecule has 2 unspecified atom stereocenters. The van der Waals surface area contributed by atoms with Gasteiger partial charge in [0.2, 0.25) is 0 Å². The van der Waals surface area contributed by atoms with Crippen LogP contribution in [0.2, 0.25) is 0 Å². The maximum absolute atomic E-state index is 10.1. The van der Waals surface area contributed by atoms with Crippen molar-refractivity contribution in [3.63, 3.8) is 0 Å². The van der Waals surface area contributed by atoms with E-state index in [9.17, 15) is 9.36 Å². The van der Waals surface area contributed by atoms with Crippen molar-refractivity contribution < 1.29 is 23.3 Å². The maximum Gasteiger partial charge on any atom is 0.334 e. The molecule has 0 aliphatic carbocycles. The summed E-state index contributed by atoms with van der Waals surface area (Å²) in [5.74, 6) is -0.701. The summed E-state index contributed by atoms with van der Waals surface area (Å²) in [5.41, 5.74) is 0. The zero-order chi connectivity index (χ0) is 7.28. The van der Waals surface area contributed by atoms with Gasteiger partial charge in [0.25, 0.3) is 0 Å². The molecular formula is C2H6O5P2. The summed E-state index contributed by atoms with van der Waals surface area (Å²) in [6, 6.07) is 0. The Labute approximate surface area is 54.6 Å². The molecule has 0 aromatic heterocycles. The molecule has 0 spiro atoms. The lowest BCUT2D eigenvalue weighted by atomic mass is 10.8. The lowest BCUT2D eigenvalue weighted by Crippen LogP contribution is -2.03. The number of carbonyl (C=O) groups excluding carboxylic acids is 1. The second-order valence-corrected chi connectivity index (χ2v) is 2.10. The second kappa shape index (κ2) is 4.89. The molecule has 2 atom stereocenters.